The van der Waals surface area contributed by atoms with Crippen LogP contribution in [0.4, 0.5) is 10.5 Å². The van der Waals surface area contributed by atoms with Gasteiger partial charge in [-0.3, -0.25) is 9.59 Å². The number of urea groups is 1. The van der Waals surface area contributed by atoms with Crippen LogP contribution >= 0.6 is 0 Å². The van der Waals surface area contributed by atoms with E-state index in [4.69, 9.17) is 9.47 Å². The molecule has 9 heteroatoms. The van der Waals surface area contributed by atoms with E-state index in [9.17, 15) is 14.4 Å². The molecule has 0 unspecified atom stereocenters. The molecule has 0 radical (unpaired) electrons. The Kier molecular flexibility index (Phi) is 8.72. The second-order valence-corrected chi connectivity index (χ2v) is 10.6. The third-order valence-electron chi connectivity index (χ3n) is 7.42. The Labute approximate surface area is 213 Å². The molecule has 4 rings (SSSR count). The summed E-state index contributed by atoms with van der Waals surface area (Å²) in [5, 5.41) is 8.64. The van der Waals surface area contributed by atoms with Crippen LogP contribution in [0, 0.1) is 5.92 Å². The van der Waals surface area contributed by atoms with E-state index in [0.717, 1.165) is 13.0 Å². The van der Waals surface area contributed by atoms with E-state index in [1.54, 1.807) is 30.1 Å². The standard InChI is InChI=1S/C27H40N4O5/c1-17(2)29-27(34)30-19-9-12-23-21(13-19)26(33)31(3)22-11-10-20(36-24(22)16-35-23)14-25(32)28-15-18-7-5-4-6-8-18/h9,12-13,17-18,20,22,24H,4-8,10-11,14-16H2,1-3H3,(H,28,32)(H2,29,30,34)/t20-,22-,24+/m1/s1. The number of nitrogens with one attached hydrogen (secondary N) is 3. The number of anilines is 1. The van der Waals surface area contributed by atoms with Gasteiger partial charge in [-0.15, -0.1) is 0 Å². The lowest BCUT2D eigenvalue weighted by Gasteiger charge is -2.42. The van der Waals surface area contributed by atoms with E-state index in [0.29, 0.717) is 35.8 Å². The number of amides is 4. The van der Waals surface area contributed by atoms with Crippen LogP contribution in [0.25, 0.3) is 0 Å². The Hall–Kier alpha value is -2.81. The number of hydrogen-bond acceptors (Lipinski definition) is 5. The van der Waals surface area contributed by atoms with Gasteiger partial charge in [-0.25, -0.2) is 4.79 Å². The van der Waals surface area contributed by atoms with Crippen molar-refractivity contribution in [3.63, 3.8) is 0 Å². The number of carbonyl (C=O) groups excluding carboxylic acids is 3. The lowest BCUT2D eigenvalue weighted by Crippen LogP contribution is -2.54. The molecule has 3 N–H and O–H groups in total. The molecule has 198 valence electrons. The first-order chi connectivity index (χ1) is 17.3. The summed E-state index contributed by atoms with van der Waals surface area (Å²) < 4.78 is 12.3. The van der Waals surface area contributed by atoms with Crippen molar-refractivity contribution in [3.8, 4) is 5.75 Å². The van der Waals surface area contributed by atoms with Crippen molar-refractivity contribution in [3.05, 3.63) is 23.8 Å². The predicted octanol–water partition coefficient (Wildman–Crippen LogP) is 3.68. The van der Waals surface area contributed by atoms with Crippen molar-refractivity contribution >= 4 is 23.5 Å². The summed E-state index contributed by atoms with van der Waals surface area (Å²) in [5.41, 5.74) is 0.927. The molecule has 1 aromatic rings. The third-order valence-corrected chi connectivity index (χ3v) is 7.42. The monoisotopic (exact) mass is 500 g/mol. The number of rotatable bonds is 6. The van der Waals surface area contributed by atoms with Gasteiger partial charge in [-0.05, 0) is 63.6 Å². The molecular formula is C27H40N4O5. The minimum atomic E-state index is -0.327. The number of nitrogens with zero attached hydrogens (tertiary/aromatic N) is 1. The number of hydrogen-bond donors (Lipinski definition) is 3. The zero-order valence-electron chi connectivity index (χ0n) is 21.7. The maximum Gasteiger partial charge on any atom is 0.319 e. The fourth-order valence-electron chi connectivity index (χ4n) is 5.46. The van der Waals surface area contributed by atoms with Crippen LogP contribution in [0.2, 0.25) is 0 Å². The molecule has 4 amide bonds. The van der Waals surface area contributed by atoms with Gasteiger partial charge in [-0.1, -0.05) is 19.3 Å². The average molecular weight is 501 g/mol. The van der Waals surface area contributed by atoms with Gasteiger partial charge in [0.15, 0.2) is 0 Å². The average Bonchev–Trinajstić information content (AvgIpc) is 2.85. The molecule has 2 aliphatic heterocycles. The Bertz CT molecular complexity index is 946. The van der Waals surface area contributed by atoms with Crippen LogP contribution in [0.15, 0.2) is 18.2 Å². The molecule has 3 atom stereocenters. The Morgan fingerprint density at radius 1 is 1.11 bits per heavy atom. The Balaban J connectivity index is 1.35. The molecule has 0 bridgehead atoms. The summed E-state index contributed by atoms with van der Waals surface area (Å²) >= 11 is 0. The van der Waals surface area contributed by atoms with Crippen LogP contribution < -0.4 is 20.7 Å². The van der Waals surface area contributed by atoms with Gasteiger partial charge in [0.25, 0.3) is 5.91 Å². The fraction of sp³-hybridized carbons (Fsp3) is 0.667. The third kappa shape index (κ3) is 6.69. The van der Waals surface area contributed by atoms with E-state index in [1.165, 1.54) is 32.1 Å². The molecule has 0 aromatic heterocycles. The number of ether oxygens (including phenoxy) is 2. The topological polar surface area (TPSA) is 109 Å². The second-order valence-electron chi connectivity index (χ2n) is 10.6. The Morgan fingerprint density at radius 3 is 2.64 bits per heavy atom. The molecule has 2 fully saturated rings. The fourth-order valence-corrected chi connectivity index (χ4v) is 5.46. The second kappa shape index (κ2) is 12.0. The number of likely N-dealkylation sites (N-methyl/N-ethyl adjacent to an activating group) is 1. The van der Waals surface area contributed by atoms with Gasteiger partial charge in [-0.2, -0.15) is 0 Å². The quantitative estimate of drug-likeness (QED) is 0.552. The smallest absolute Gasteiger partial charge is 0.319 e. The van der Waals surface area contributed by atoms with Gasteiger partial charge < -0.3 is 30.3 Å². The van der Waals surface area contributed by atoms with Gasteiger partial charge >= 0.3 is 6.03 Å². The first-order valence-electron chi connectivity index (χ1n) is 13.3. The van der Waals surface area contributed by atoms with E-state index < -0.39 is 0 Å². The molecule has 36 heavy (non-hydrogen) atoms. The van der Waals surface area contributed by atoms with E-state index in [-0.39, 0.29) is 48.7 Å². The van der Waals surface area contributed by atoms with Gasteiger partial charge in [0, 0.05) is 25.3 Å². The molecule has 9 nitrogen and oxygen atoms in total. The molecular weight excluding hydrogens is 460 g/mol. The van der Waals surface area contributed by atoms with Crippen molar-refractivity contribution in [1.29, 1.82) is 0 Å². The minimum Gasteiger partial charge on any atom is -0.490 e. The summed E-state index contributed by atoms with van der Waals surface area (Å²) in [6.07, 6.45) is 7.50. The van der Waals surface area contributed by atoms with Gasteiger partial charge in [0.2, 0.25) is 5.91 Å². The van der Waals surface area contributed by atoms with E-state index in [2.05, 4.69) is 16.0 Å². The molecule has 0 spiro atoms. The SMILES string of the molecule is CC(C)NC(=O)Nc1ccc2c(c1)C(=O)N(C)[C@@H]1CC[C@H](CC(=O)NCC3CCCCC3)O[C@H]1CO2. The van der Waals surface area contributed by atoms with E-state index >= 15 is 0 Å². The molecule has 1 aliphatic carbocycles. The molecule has 2 heterocycles. The lowest BCUT2D eigenvalue weighted by molar-refractivity contribution is -0.134. The summed E-state index contributed by atoms with van der Waals surface area (Å²) in [6, 6.07) is 4.59. The largest absolute Gasteiger partial charge is 0.490 e. The highest BCUT2D eigenvalue weighted by molar-refractivity contribution is 5.99. The maximum atomic E-state index is 13.4. The zero-order valence-corrected chi connectivity index (χ0v) is 21.7. The molecule has 1 aromatic carbocycles. The highest BCUT2D eigenvalue weighted by Crippen LogP contribution is 2.32. The van der Waals surface area contributed by atoms with Crippen molar-refractivity contribution in [1.82, 2.24) is 15.5 Å². The number of fused-ring (bicyclic) bond motifs is 2. The Morgan fingerprint density at radius 2 is 1.89 bits per heavy atom. The minimum absolute atomic E-state index is 0.000429. The van der Waals surface area contributed by atoms with Crippen LogP contribution in [0.1, 0.15) is 75.6 Å². The molecule has 1 saturated carbocycles. The van der Waals surface area contributed by atoms with Crippen molar-refractivity contribution in [2.24, 2.45) is 5.92 Å². The first-order valence-corrected chi connectivity index (χ1v) is 13.3. The van der Waals surface area contributed by atoms with Crippen molar-refractivity contribution in [2.45, 2.75) is 89.5 Å². The van der Waals surface area contributed by atoms with Crippen LogP contribution in [0.5, 0.6) is 5.75 Å². The first kappa shape index (κ1) is 26.3. The molecule has 3 aliphatic rings. The maximum absolute atomic E-state index is 13.4. The lowest BCUT2D eigenvalue weighted by atomic mass is 9.89. The highest BCUT2D eigenvalue weighted by atomic mass is 16.5. The van der Waals surface area contributed by atoms with Crippen LogP contribution in [-0.4, -0.2) is 67.2 Å². The van der Waals surface area contributed by atoms with Crippen molar-refractivity contribution in [2.75, 3.05) is 25.5 Å². The van der Waals surface area contributed by atoms with Crippen LogP contribution in [0.3, 0.4) is 0 Å². The summed E-state index contributed by atoms with van der Waals surface area (Å²) in [4.78, 5) is 39.7. The van der Waals surface area contributed by atoms with E-state index in [1.807, 2.05) is 13.8 Å². The number of benzene rings is 1. The highest BCUT2D eigenvalue weighted by Gasteiger charge is 2.39. The molecule has 1 saturated heterocycles. The number of carbonyl (C=O) groups is 3. The van der Waals surface area contributed by atoms with Gasteiger partial charge in [0.05, 0.1) is 24.1 Å². The summed E-state index contributed by atoms with van der Waals surface area (Å²) in [6.45, 7) is 4.80. The normalized spacial score (nSPS) is 24.6. The van der Waals surface area contributed by atoms with Gasteiger partial charge in [0.1, 0.15) is 18.5 Å². The predicted molar refractivity (Wildman–Crippen MR) is 137 cm³/mol. The van der Waals surface area contributed by atoms with Crippen LogP contribution in [-0.2, 0) is 9.53 Å². The summed E-state index contributed by atoms with van der Waals surface area (Å²) in [5.74, 6) is 0.904. The zero-order chi connectivity index (χ0) is 25.7. The van der Waals surface area contributed by atoms with Crippen molar-refractivity contribution < 1.29 is 23.9 Å². The summed E-state index contributed by atoms with van der Waals surface area (Å²) in [7, 11) is 1.78.